The number of carbonyl (C=O) groups is 1. The maximum absolute atomic E-state index is 14.4. The molecule has 4 aromatic rings. The van der Waals surface area contributed by atoms with E-state index in [1.54, 1.807) is 18.2 Å². The lowest BCUT2D eigenvalue weighted by molar-refractivity contribution is -0.138. The third-order valence-corrected chi connectivity index (χ3v) is 6.40. The van der Waals surface area contributed by atoms with Gasteiger partial charge in [0.25, 0.3) is 0 Å². The molecule has 0 aliphatic rings. The average molecular weight is 562 g/mol. The number of methoxy groups -OCH3 is 1. The number of alkyl halides is 3. The Bertz CT molecular complexity index is 1550. The third-order valence-electron chi connectivity index (χ3n) is 6.16. The molecule has 3 aromatic carbocycles. The van der Waals surface area contributed by atoms with Crippen LogP contribution in [0.4, 0.5) is 17.6 Å². The summed E-state index contributed by atoms with van der Waals surface area (Å²) in [4.78, 5) is 26.1. The van der Waals surface area contributed by atoms with Crippen molar-refractivity contribution < 1.29 is 27.1 Å². The highest BCUT2D eigenvalue weighted by atomic mass is 35.5. The van der Waals surface area contributed by atoms with Crippen molar-refractivity contribution in [3.05, 3.63) is 105 Å². The number of aromatic nitrogens is 3. The number of benzene rings is 3. The maximum atomic E-state index is 14.4. The van der Waals surface area contributed by atoms with Crippen LogP contribution in [0.25, 0.3) is 11.4 Å². The van der Waals surface area contributed by atoms with Gasteiger partial charge >= 0.3 is 11.9 Å². The Hall–Kier alpha value is -3.92. The van der Waals surface area contributed by atoms with Crippen molar-refractivity contribution in [2.24, 2.45) is 0 Å². The number of nitrogens with zero attached hydrogens (tertiary/aromatic N) is 3. The van der Waals surface area contributed by atoms with Crippen molar-refractivity contribution in [3.8, 4) is 17.1 Å². The molecule has 1 heterocycles. The number of carbonyl (C=O) groups excluding carboxylic acids is 1. The van der Waals surface area contributed by atoms with E-state index in [9.17, 15) is 27.2 Å². The van der Waals surface area contributed by atoms with Crippen LogP contribution in [0.15, 0.2) is 71.5 Å². The summed E-state index contributed by atoms with van der Waals surface area (Å²) in [5.41, 5.74) is -0.641. The molecule has 0 aliphatic carbocycles. The van der Waals surface area contributed by atoms with E-state index >= 15 is 0 Å². The number of hydrogen-bond acceptors (Lipinski definition) is 4. The molecule has 0 unspecified atom stereocenters. The van der Waals surface area contributed by atoms with Crippen LogP contribution in [0.1, 0.15) is 29.5 Å². The standard InChI is InChI=1S/C28H24ClF4N3O3/c1-39-25-15-20(29)13-14-22(25)26-34-36(27(38)35(26)16-19-8-3-5-12-24(19)30)17-21(37)10-6-9-18-7-2-4-11-23(18)28(31,32)33/h2-5,7-8,11-15H,6,9-10,16-17H2,1H3. The number of ketones is 1. The fourth-order valence-corrected chi connectivity index (χ4v) is 4.43. The van der Waals surface area contributed by atoms with E-state index in [2.05, 4.69) is 5.10 Å². The summed E-state index contributed by atoms with van der Waals surface area (Å²) >= 11 is 6.08. The highest BCUT2D eigenvalue weighted by molar-refractivity contribution is 6.30. The van der Waals surface area contributed by atoms with E-state index in [4.69, 9.17) is 16.3 Å². The van der Waals surface area contributed by atoms with E-state index in [-0.39, 0.29) is 48.5 Å². The summed E-state index contributed by atoms with van der Waals surface area (Å²) in [5.74, 6) is -0.430. The van der Waals surface area contributed by atoms with Crippen molar-refractivity contribution >= 4 is 17.4 Å². The second-order valence-electron chi connectivity index (χ2n) is 8.83. The summed E-state index contributed by atoms with van der Waals surface area (Å²) < 4.78 is 61.8. The molecule has 39 heavy (non-hydrogen) atoms. The van der Waals surface area contributed by atoms with Gasteiger partial charge in [0.2, 0.25) is 0 Å². The minimum absolute atomic E-state index is 0.0469. The summed E-state index contributed by atoms with van der Waals surface area (Å²) in [6.07, 6.45) is -4.34. The van der Waals surface area contributed by atoms with Gasteiger partial charge in [-0.05, 0) is 48.7 Å². The van der Waals surface area contributed by atoms with E-state index in [0.29, 0.717) is 16.3 Å². The van der Waals surface area contributed by atoms with Crippen LogP contribution < -0.4 is 10.4 Å². The summed E-state index contributed by atoms with van der Waals surface area (Å²) in [6, 6.07) is 15.9. The smallest absolute Gasteiger partial charge is 0.416 e. The lowest BCUT2D eigenvalue weighted by Gasteiger charge is -2.12. The molecule has 0 bridgehead atoms. The Kier molecular flexibility index (Phi) is 8.54. The van der Waals surface area contributed by atoms with Gasteiger partial charge in [-0.25, -0.2) is 13.9 Å². The van der Waals surface area contributed by atoms with Crippen molar-refractivity contribution in [2.75, 3.05) is 7.11 Å². The Morgan fingerprint density at radius 1 is 1.03 bits per heavy atom. The number of aryl methyl sites for hydroxylation is 1. The van der Waals surface area contributed by atoms with Crippen LogP contribution in [0.5, 0.6) is 5.75 Å². The number of rotatable bonds is 10. The Morgan fingerprint density at radius 2 is 1.72 bits per heavy atom. The molecule has 0 amide bonds. The normalized spacial score (nSPS) is 11.5. The highest BCUT2D eigenvalue weighted by Gasteiger charge is 2.32. The minimum atomic E-state index is -4.49. The van der Waals surface area contributed by atoms with Crippen molar-refractivity contribution in [1.29, 1.82) is 0 Å². The molecule has 0 fully saturated rings. The first-order valence-electron chi connectivity index (χ1n) is 12.0. The zero-order valence-corrected chi connectivity index (χ0v) is 21.6. The average Bonchev–Trinajstić information content (AvgIpc) is 3.19. The Balaban J connectivity index is 1.59. The predicted molar refractivity (Wildman–Crippen MR) is 138 cm³/mol. The van der Waals surface area contributed by atoms with Gasteiger partial charge in [0.15, 0.2) is 11.6 Å². The minimum Gasteiger partial charge on any atom is -0.496 e. The van der Waals surface area contributed by atoms with Crippen LogP contribution in [0, 0.1) is 5.82 Å². The van der Waals surface area contributed by atoms with Crippen LogP contribution >= 0.6 is 11.6 Å². The molecule has 0 atom stereocenters. The van der Waals surface area contributed by atoms with Crippen LogP contribution in [0.3, 0.4) is 0 Å². The molecule has 0 radical (unpaired) electrons. The molecular formula is C28H24ClF4N3O3. The Morgan fingerprint density at radius 3 is 2.41 bits per heavy atom. The van der Waals surface area contributed by atoms with Gasteiger partial charge in [-0.15, -0.1) is 5.10 Å². The molecule has 0 aliphatic heterocycles. The molecule has 1 aromatic heterocycles. The first-order chi connectivity index (χ1) is 18.6. The molecule has 11 heteroatoms. The van der Waals surface area contributed by atoms with Crippen molar-refractivity contribution in [2.45, 2.75) is 38.5 Å². The monoisotopic (exact) mass is 561 g/mol. The van der Waals surface area contributed by atoms with Crippen LogP contribution in [-0.2, 0) is 30.5 Å². The number of ether oxygens (including phenoxy) is 1. The Labute approximate surface area is 226 Å². The van der Waals surface area contributed by atoms with E-state index < -0.39 is 29.8 Å². The van der Waals surface area contributed by atoms with Crippen molar-refractivity contribution in [3.63, 3.8) is 0 Å². The SMILES string of the molecule is COc1cc(Cl)ccc1-c1nn(CC(=O)CCCc2ccccc2C(F)(F)F)c(=O)n1Cc1ccccc1F. The molecule has 0 saturated carbocycles. The summed E-state index contributed by atoms with van der Waals surface area (Å²) in [7, 11) is 1.42. The molecule has 0 spiro atoms. The fraction of sp³-hybridized carbons (Fsp3) is 0.250. The number of Topliss-reactive ketones (excluding diaryl/α,β-unsaturated/α-hetero) is 1. The lowest BCUT2D eigenvalue weighted by atomic mass is 10.0. The van der Waals surface area contributed by atoms with Gasteiger partial charge in [0, 0.05) is 17.0 Å². The number of halogens is 5. The van der Waals surface area contributed by atoms with E-state index in [1.165, 1.54) is 54.1 Å². The third kappa shape index (κ3) is 6.57. The first-order valence-corrected chi connectivity index (χ1v) is 12.4. The largest absolute Gasteiger partial charge is 0.496 e. The lowest BCUT2D eigenvalue weighted by Crippen LogP contribution is -2.28. The molecule has 4 rings (SSSR count). The molecule has 204 valence electrons. The summed E-state index contributed by atoms with van der Waals surface area (Å²) in [6.45, 7) is -0.554. The van der Waals surface area contributed by atoms with Gasteiger partial charge in [-0.3, -0.25) is 9.36 Å². The van der Waals surface area contributed by atoms with Crippen LogP contribution in [-0.4, -0.2) is 27.2 Å². The van der Waals surface area contributed by atoms with Crippen molar-refractivity contribution in [1.82, 2.24) is 14.3 Å². The second-order valence-corrected chi connectivity index (χ2v) is 9.27. The topological polar surface area (TPSA) is 66.1 Å². The maximum Gasteiger partial charge on any atom is 0.416 e. The van der Waals surface area contributed by atoms with Gasteiger partial charge < -0.3 is 4.74 Å². The molecular weight excluding hydrogens is 538 g/mol. The van der Waals surface area contributed by atoms with E-state index in [1.807, 2.05) is 0 Å². The predicted octanol–water partition coefficient (Wildman–Crippen LogP) is 6.17. The number of hydrogen-bond donors (Lipinski definition) is 0. The quantitative estimate of drug-likeness (QED) is 0.217. The van der Waals surface area contributed by atoms with Gasteiger partial charge in [-0.1, -0.05) is 48.0 Å². The summed E-state index contributed by atoms with van der Waals surface area (Å²) in [5, 5.41) is 4.74. The second kappa shape index (κ2) is 11.9. The van der Waals surface area contributed by atoms with Crippen LogP contribution in [0.2, 0.25) is 5.02 Å². The first kappa shape index (κ1) is 28.1. The zero-order valence-electron chi connectivity index (χ0n) is 20.8. The van der Waals surface area contributed by atoms with Gasteiger partial charge in [0.1, 0.15) is 18.1 Å². The zero-order chi connectivity index (χ0) is 28.2. The molecule has 0 saturated heterocycles. The molecule has 6 nitrogen and oxygen atoms in total. The highest BCUT2D eigenvalue weighted by Crippen LogP contribution is 2.33. The van der Waals surface area contributed by atoms with E-state index in [0.717, 1.165) is 10.7 Å². The molecule has 0 N–H and O–H groups in total. The van der Waals surface area contributed by atoms with Gasteiger partial charge in [0.05, 0.1) is 24.8 Å². The van der Waals surface area contributed by atoms with Gasteiger partial charge in [-0.2, -0.15) is 13.2 Å². The fourth-order valence-electron chi connectivity index (χ4n) is 4.27.